The predicted molar refractivity (Wildman–Crippen MR) is 65.8 cm³/mol. The third kappa shape index (κ3) is 2.36. The molecule has 0 unspecified atom stereocenters. The number of aryl methyl sites for hydroxylation is 1. The van der Waals surface area contributed by atoms with Crippen LogP contribution < -0.4 is 0 Å². The molecule has 0 saturated carbocycles. The van der Waals surface area contributed by atoms with Crippen molar-refractivity contribution in [3.8, 4) is 11.1 Å². The van der Waals surface area contributed by atoms with Crippen LogP contribution in [-0.4, -0.2) is 13.1 Å². The highest BCUT2D eigenvalue weighted by Gasteiger charge is 2.11. The van der Waals surface area contributed by atoms with E-state index in [0.717, 1.165) is 10.4 Å². The third-order valence-electron chi connectivity index (χ3n) is 2.49. The van der Waals surface area contributed by atoms with Crippen molar-refractivity contribution in [1.82, 2.24) is 0 Å². The van der Waals surface area contributed by atoms with Crippen molar-refractivity contribution in [2.24, 2.45) is 0 Å². The molecule has 2 nitrogen and oxygen atoms in total. The largest absolute Gasteiger partial charge is 0.465 e. The quantitative estimate of drug-likeness (QED) is 0.760. The summed E-state index contributed by atoms with van der Waals surface area (Å²) in [5.74, 6) is -0.966. The zero-order chi connectivity index (χ0) is 12.4. The number of halogens is 1. The number of ether oxygens (including phenoxy) is 1. The molecule has 88 valence electrons. The molecule has 2 rings (SSSR count). The maximum Gasteiger partial charge on any atom is 0.337 e. The van der Waals surface area contributed by atoms with Crippen LogP contribution in [0, 0.1) is 12.7 Å². The van der Waals surface area contributed by atoms with Gasteiger partial charge in [0, 0.05) is 4.88 Å². The summed E-state index contributed by atoms with van der Waals surface area (Å²) in [5.41, 5.74) is 1.87. The Bertz CT molecular complexity index is 560. The van der Waals surface area contributed by atoms with Crippen LogP contribution in [0.1, 0.15) is 15.2 Å². The van der Waals surface area contributed by atoms with E-state index < -0.39 is 11.8 Å². The Kier molecular flexibility index (Phi) is 3.24. The molecule has 0 N–H and O–H groups in total. The first-order chi connectivity index (χ1) is 8.11. The molecule has 0 bridgehead atoms. The number of thiophene rings is 1. The molecule has 0 aliphatic carbocycles. The Morgan fingerprint density at radius 2 is 2.12 bits per heavy atom. The number of carbonyl (C=O) groups excluding carboxylic acids is 1. The first-order valence-electron chi connectivity index (χ1n) is 5.05. The lowest BCUT2D eigenvalue weighted by atomic mass is 10.0. The minimum Gasteiger partial charge on any atom is -0.465 e. The van der Waals surface area contributed by atoms with E-state index in [1.807, 2.05) is 18.4 Å². The lowest BCUT2D eigenvalue weighted by Gasteiger charge is -2.04. The molecular formula is C13H11FO2S. The van der Waals surface area contributed by atoms with Crippen LogP contribution in [0.15, 0.2) is 29.6 Å². The summed E-state index contributed by atoms with van der Waals surface area (Å²) in [6.07, 6.45) is 0. The van der Waals surface area contributed by atoms with Crippen LogP contribution in [0.25, 0.3) is 11.1 Å². The molecule has 0 spiro atoms. The Morgan fingerprint density at radius 3 is 2.71 bits per heavy atom. The van der Waals surface area contributed by atoms with Gasteiger partial charge in [0.2, 0.25) is 0 Å². The van der Waals surface area contributed by atoms with Gasteiger partial charge in [-0.25, -0.2) is 9.18 Å². The van der Waals surface area contributed by atoms with Crippen molar-refractivity contribution in [3.63, 3.8) is 0 Å². The molecular weight excluding hydrogens is 239 g/mol. The number of carbonyl (C=O) groups is 1. The molecule has 1 heterocycles. The lowest BCUT2D eigenvalue weighted by Crippen LogP contribution is -2.02. The maximum atomic E-state index is 13.4. The van der Waals surface area contributed by atoms with Gasteiger partial charge in [-0.3, -0.25) is 0 Å². The number of esters is 1. The number of hydrogen-bond acceptors (Lipinski definition) is 3. The van der Waals surface area contributed by atoms with Crippen LogP contribution in [0.2, 0.25) is 0 Å². The summed E-state index contributed by atoms with van der Waals surface area (Å²) in [7, 11) is 1.28. The second kappa shape index (κ2) is 4.67. The van der Waals surface area contributed by atoms with E-state index in [9.17, 15) is 9.18 Å². The molecule has 0 aliphatic heterocycles. The van der Waals surface area contributed by atoms with Gasteiger partial charge >= 0.3 is 5.97 Å². The van der Waals surface area contributed by atoms with Gasteiger partial charge in [0.05, 0.1) is 12.7 Å². The smallest absolute Gasteiger partial charge is 0.337 e. The fraction of sp³-hybridized carbons (Fsp3) is 0.154. The van der Waals surface area contributed by atoms with Crippen molar-refractivity contribution in [2.45, 2.75) is 6.92 Å². The molecule has 0 saturated heterocycles. The van der Waals surface area contributed by atoms with Crippen LogP contribution in [0.4, 0.5) is 4.39 Å². The zero-order valence-electron chi connectivity index (χ0n) is 9.49. The molecule has 17 heavy (non-hydrogen) atoms. The molecule has 0 amide bonds. The summed E-state index contributed by atoms with van der Waals surface area (Å²) in [4.78, 5) is 12.5. The standard InChI is InChI=1S/C13H11FO2S/c1-8-12(3-4-17-8)9-5-10(13(15)16-2)7-11(14)6-9/h3-7H,1-2H3. The zero-order valence-corrected chi connectivity index (χ0v) is 10.3. The predicted octanol–water partition coefficient (Wildman–Crippen LogP) is 3.65. The second-order valence-electron chi connectivity index (χ2n) is 3.61. The molecule has 2 aromatic rings. The Morgan fingerprint density at radius 1 is 1.35 bits per heavy atom. The van der Waals surface area contributed by atoms with Crippen molar-refractivity contribution < 1.29 is 13.9 Å². The van der Waals surface area contributed by atoms with Gasteiger partial charge in [-0.15, -0.1) is 11.3 Å². The number of benzene rings is 1. The molecule has 1 aromatic heterocycles. The number of hydrogen-bond donors (Lipinski definition) is 0. The Hall–Kier alpha value is -1.68. The molecule has 1 aromatic carbocycles. The average Bonchev–Trinajstić information content (AvgIpc) is 2.73. The summed E-state index contributed by atoms with van der Waals surface area (Å²) < 4.78 is 18.0. The van der Waals surface area contributed by atoms with E-state index in [-0.39, 0.29) is 5.56 Å². The highest BCUT2D eigenvalue weighted by Crippen LogP contribution is 2.28. The normalized spacial score (nSPS) is 10.3. The highest BCUT2D eigenvalue weighted by molar-refractivity contribution is 7.10. The fourth-order valence-electron chi connectivity index (χ4n) is 1.67. The van der Waals surface area contributed by atoms with Crippen molar-refractivity contribution >= 4 is 17.3 Å². The van der Waals surface area contributed by atoms with E-state index in [0.29, 0.717) is 5.56 Å². The molecule has 0 atom stereocenters. The van der Waals surface area contributed by atoms with Gasteiger partial charge in [0.1, 0.15) is 5.82 Å². The summed E-state index contributed by atoms with van der Waals surface area (Å²) >= 11 is 1.59. The molecule has 0 fully saturated rings. The van der Waals surface area contributed by atoms with Gasteiger partial charge < -0.3 is 4.74 Å². The van der Waals surface area contributed by atoms with Crippen LogP contribution in [0.5, 0.6) is 0 Å². The third-order valence-corrected chi connectivity index (χ3v) is 3.33. The van der Waals surface area contributed by atoms with Crippen molar-refractivity contribution in [1.29, 1.82) is 0 Å². The van der Waals surface area contributed by atoms with Gasteiger partial charge in [-0.2, -0.15) is 0 Å². The molecule has 4 heteroatoms. The maximum absolute atomic E-state index is 13.4. The topological polar surface area (TPSA) is 26.3 Å². The average molecular weight is 250 g/mol. The van der Waals surface area contributed by atoms with Gasteiger partial charge in [0.25, 0.3) is 0 Å². The SMILES string of the molecule is COC(=O)c1cc(F)cc(-c2ccsc2C)c1. The Balaban J connectivity index is 2.53. The van der Waals surface area contributed by atoms with E-state index in [1.165, 1.54) is 19.2 Å². The van der Waals surface area contributed by atoms with Crippen LogP contribution in [-0.2, 0) is 4.74 Å². The van der Waals surface area contributed by atoms with Gasteiger partial charge in [0.15, 0.2) is 0 Å². The molecule has 0 aliphatic rings. The minimum absolute atomic E-state index is 0.230. The first kappa shape index (κ1) is 11.8. The van der Waals surface area contributed by atoms with E-state index in [2.05, 4.69) is 4.74 Å². The first-order valence-corrected chi connectivity index (χ1v) is 5.93. The number of rotatable bonds is 2. The summed E-state index contributed by atoms with van der Waals surface area (Å²) in [6, 6.07) is 6.15. The lowest BCUT2D eigenvalue weighted by molar-refractivity contribution is 0.0600. The monoisotopic (exact) mass is 250 g/mol. The van der Waals surface area contributed by atoms with Crippen molar-refractivity contribution in [3.05, 3.63) is 45.9 Å². The second-order valence-corrected chi connectivity index (χ2v) is 4.73. The van der Waals surface area contributed by atoms with Gasteiger partial charge in [-0.05, 0) is 47.7 Å². The van der Waals surface area contributed by atoms with E-state index in [4.69, 9.17) is 0 Å². The highest BCUT2D eigenvalue weighted by atomic mass is 32.1. The van der Waals surface area contributed by atoms with Crippen LogP contribution >= 0.6 is 11.3 Å². The van der Waals surface area contributed by atoms with Crippen molar-refractivity contribution in [2.75, 3.05) is 7.11 Å². The van der Waals surface area contributed by atoms with Gasteiger partial charge in [-0.1, -0.05) is 0 Å². The minimum atomic E-state index is -0.529. The van der Waals surface area contributed by atoms with E-state index >= 15 is 0 Å². The fourth-order valence-corrected chi connectivity index (χ4v) is 2.39. The summed E-state index contributed by atoms with van der Waals surface area (Å²) in [6.45, 7) is 1.96. The number of methoxy groups -OCH3 is 1. The van der Waals surface area contributed by atoms with Crippen LogP contribution in [0.3, 0.4) is 0 Å². The molecule has 0 radical (unpaired) electrons. The summed E-state index contributed by atoms with van der Waals surface area (Å²) in [5, 5.41) is 1.94. The van der Waals surface area contributed by atoms with E-state index in [1.54, 1.807) is 17.4 Å². The Labute approximate surface area is 103 Å².